The molecule has 0 fully saturated rings. The number of carbonyl (C=O) groups is 2. The van der Waals surface area contributed by atoms with Gasteiger partial charge in [0.05, 0.1) is 24.1 Å². The number of nitrogens with one attached hydrogen (secondary N) is 1. The van der Waals surface area contributed by atoms with Crippen LogP contribution in [0.3, 0.4) is 0 Å². The van der Waals surface area contributed by atoms with Gasteiger partial charge >= 0.3 is 0 Å². The van der Waals surface area contributed by atoms with Gasteiger partial charge in [-0.3, -0.25) is 9.59 Å². The number of amides is 2. The number of methoxy groups -OCH3 is 1. The quantitative estimate of drug-likeness (QED) is 0.541. The molecule has 1 heterocycles. The fraction of sp³-hybridized carbons (Fsp3) is 0.0435. The molecule has 0 aliphatic carbocycles. The predicted molar refractivity (Wildman–Crippen MR) is 119 cm³/mol. The predicted octanol–water partition coefficient (Wildman–Crippen LogP) is 5.40. The van der Waals surface area contributed by atoms with Crippen molar-refractivity contribution in [2.24, 2.45) is 0 Å². The smallest absolute Gasteiger partial charge is 0.282 e. The second-order valence-corrected chi connectivity index (χ2v) is 7.38. The second-order valence-electron chi connectivity index (χ2n) is 6.51. The minimum Gasteiger partial charge on any atom is -0.495 e. The first kappa shape index (κ1) is 20.0. The van der Waals surface area contributed by atoms with Crippen LogP contribution in [0.15, 0.2) is 78.5 Å². The Kier molecular flexibility index (Phi) is 5.48. The molecule has 150 valence electrons. The van der Waals surface area contributed by atoms with Crippen LogP contribution in [0.25, 0.3) is 5.57 Å². The molecule has 0 aromatic heterocycles. The van der Waals surface area contributed by atoms with Crippen LogP contribution in [0, 0.1) is 0 Å². The summed E-state index contributed by atoms with van der Waals surface area (Å²) in [6.45, 7) is 0. The zero-order valence-electron chi connectivity index (χ0n) is 15.9. The molecule has 30 heavy (non-hydrogen) atoms. The molecular weight excluding hydrogens is 423 g/mol. The first-order chi connectivity index (χ1) is 14.5. The molecule has 0 saturated carbocycles. The summed E-state index contributed by atoms with van der Waals surface area (Å²) in [5.41, 5.74) is 1.86. The number of anilines is 2. The van der Waals surface area contributed by atoms with Crippen LogP contribution in [0.1, 0.15) is 5.56 Å². The Balaban J connectivity index is 1.85. The summed E-state index contributed by atoms with van der Waals surface area (Å²) in [6, 6.07) is 20.6. The van der Waals surface area contributed by atoms with Crippen molar-refractivity contribution in [1.82, 2.24) is 0 Å². The Morgan fingerprint density at radius 3 is 2.27 bits per heavy atom. The van der Waals surface area contributed by atoms with Crippen LogP contribution in [0.2, 0.25) is 10.0 Å². The summed E-state index contributed by atoms with van der Waals surface area (Å²) in [5.74, 6) is -0.458. The van der Waals surface area contributed by atoms with Gasteiger partial charge < -0.3 is 10.1 Å². The van der Waals surface area contributed by atoms with E-state index in [9.17, 15) is 9.59 Å². The summed E-state index contributed by atoms with van der Waals surface area (Å²) in [5, 5.41) is 3.95. The van der Waals surface area contributed by atoms with Gasteiger partial charge in [0.1, 0.15) is 11.4 Å². The lowest BCUT2D eigenvalue weighted by Gasteiger charge is -2.16. The molecular formula is C23H16Cl2N2O3. The van der Waals surface area contributed by atoms with Gasteiger partial charge in [-0.2, -0.15) is 0 Å². The Morgan fingerprint density at radius 1 is 0.833 bits per heavy atom. The van der Waals surface area contributed by atoms with Gasteiger partial charge in [-0.15, -0.1) is 0 Å². The fourth-order valence-electron chi connectivity index (χ4n) is 3.28. The molecule has 0 spiro atoms. The number of benzene rings is 3. The maximum Gasteiger partial charge on any atom is 0.282 e. The lowest BCUT2D eigenvalue weighted by Crippen LogP contribution is -2.32. The molecule has 2 amide bonds. The monoisotopic (exact) mass is 438 g/mol. The number of hydrogen-bond acceptors (Lipinski definition) is 4. The molecule has 0 saturated heterocycles. The zero-order chi connectivity index (χ0) is 21.3. The Hall–Kier alpha value is -3.28. The number of halogens is 2. The maximum absolute atomic E-state index is 13.4. The van der Waals surface area contributed by atoms with Crippen molar-refractivity contribution in [1.29, 1.82) is 0 Å². The highest BCUT2D eigenvalue weighted by Gasteiger charge is 2.40. The number of hydrogen-bond donors (Lipinski definition) is 1. The molecule has 0 radical (unpaired) electrons. The molecule has 4 rings (SSSR count). The Labute approximate surface area is 183 Å². The van der Waals surface area contributed by atoms with Crippen LogP contribution < -0.4 is 15.0 Å². The standard InChI is InChI=1S/C23H16Cl2N2O3/c1-30-19-11-10-16(25)13-18(19)26-21-20(14-6-3-2-4-7-14)22(28)27(23(21)29)17-9-5-8-15(24)12-17/h2-13,26H,1H3. The summed E-state index contributed by atoms with van der Waals surface area (Å²) in [6.07, 6.45) is 0. The highest BCUT2D eigenvalue weighted by molar-refractivity contribution is 6.46. The summed E-state index contributed by atoms with van der Waals surface area (Å²) in [4.78, 5) is 27.8. The van der Waals surface area contributed by atoms with Crippen LogP contribution in [-0.2, 0) is 9.59 Å². The number of rotatable bonds is 5. The van der Waals surface area contributed by atoms with E-state index in [0.29, 0.717) is 32.7 Å². The number of nitrogens with zero attached hydrogens (tertiary/aromatic N) is 1. The third-order valence-electron chi connectivity index (χ3n) is 4.63. The molecule has 0 atom stereocenters. The van der Waals surface area contributed by atoms with E-state index < -0.39 is 11.8 Å². The van der Waals surface area contributed by atoms with E-state index in [0.717, 1.165) is 4.90 Å². The minimum atomic E-state index is -0.497. The molecule has 1 aliphatic rings. The van der Waals surface area contributed by atoms with E-state index in [1.165, 1.54) is 7.11 Å². The summed E-state index contributed by atoms with van der Waals surface area (Å²) < 4.78 is 5.37. The number of carbonyl (C=O) groups excluding carboxylic acids is 2. The Morgan fingerprint density at radius 2 is 1.57 bits per heavy atom. The number of imide groups is 1. The van der Waals surface area contributed by atoms with Crippen molar-refractivity contribution < 1.29 is 14.3 Å². The highest BCUT2D eigenvalue weighted by Crippen LogP contribution is 2.36. The van der Waals surface area contributed by atoms with E-state index in [4.69, 9.17) is 27.9 Å². The highest BCUT2D eigenvalue weighted by atomic mass is 35.5. The Bertz CT molecular complexity index is 1180. The van der Waals surface area contributed by atoms with Crippen molar-refractivity contribution in [2.75, 3.05) is 17.3 Å². The van der Waals surface area contributed by atoms with Gasteiger partial charge in [0, 0.05) is 10.0 Å². The lowest BCUT2D eigenvalue weighted by molar-refractivity contribution is -0.120. The van der Waals surface area contributed by atoms with Crippen LogP contribution in [0.4, 0.5) is 11.4 Å². The van der Waals surface area contributed by atoms with Crippen molar-refractivity contribution in [3.63, 3.8) is 0 Å². The van der Waals surface area contributed by atoms with E-state index in [2.05, 4.69) is 5.32 Å². The van der Waals surface area contributed by atoms with E-state index >= 15 is 0 Å². The topological polar surface area (TPSA) is 58.6 Å². The molecule has 0 bridgehead atoms. The number of ether oxygens (including phenoxy) is 1. The van der Waals surface area contributed by atoms with E-state index in [1.807, 2.05) is 6.07 Å². The first-order valence-corrected chi connectivity index (χ1v) is 9.80. The summed E-state index contributed by atoms with van der Waals surface area (Å²) in [7, 11) is 1.51. The van der Waals surface area contributed by atoms with Gasteiger partial charge in [0.25, 0.3) is 11.8 Å². The average Bonchev–Trinajstić information content (AvgIpc) is 2.98. The fourth-order valence-corrected chi connectivity index (χ4v) is 3.64. The molecule has 3 aromatic rings. The normalized spacial score (nSPS) is 13.8. The van der Waals surface area contributed by atoms with Gasteiger partial charge in [-0.25, -0.2) is 4.90 Å². The maximum atomic E-state index is 13.4. The van der Waals surface area contributed by atoms with Crippen molar-refractivity contribution >= 4 is 52.0 Å². The first-order valence-electron chi connectivity index (χ1n) is 9.04. The second kappa shape index (κ2) is 8.22. The molecule has 0 unspecified atom stereocenters. The summed E-state index contributed by atoms with van der Waals surface area (Å²) >= 11 is 12.2. The van der Waals surface area contributed by atoms with Gasteiger partial charge in [-0.05, 0) is 42.0 Å². The third kappa shape index (κ3) is 3.65. The largest absolute Gasteiger partial charge is 0.495 e. The minimum absolute atomic E-state index is 0.131. The van der Waals surface area contributed by atoms with Gasteiger partial charge in [0.2, 0.25) is 0 Å². The van der Waals surface area contributed by atoms with Gasteiger partial charge in [0.15, 0.2) is 0 Å². The molecule has 1 aliphatic heterocycles. The van der Waals surface area contributed by atoms with E-state index in [1.54, 1.807) is 66.7 Å². The third-order valence-corrected chi connectivity index (χ3v) is 5.10. The van der Waals surface area contributed by atoms with Crippen molar-refractivity contribution in [3.8, 4) is 5.75 Å². The van der Waals surface area contributed by atoms with Crippen molar-refractivity contribution in [3.05, 3.63) is 94.1 Å². The van der Waals surface area contributed by atoms with Crippen LogP contribution in [0.5, 0.6) is 5.75 Å². The van der Waals surface area contributed by atoms with Crippen LogP contribution in [-0.4, -0.2) is 18.9 Å². The lowest BCUT2D eigenvalue weighted by atomic mass is 10.0. The van der Waals surface area contributed by atoms with Crippen molar-refractivity contribution in [2.45, 2.75) is 0 Å². The molecule has 5 nitrogen and oxygen atoms in total. The average molecular weight is 439 g/mol. The molecule has 7 heteroatoms. The van der Waals surface area contributed by atoms with Gasteiger partial charge in [-0.1, -0.05) is 59.6 Å². The SMILES string of the molecule is COc1ccc(Cl)cc1NC1=C(c2ccccc2)C(=O)N(c2cccc(Cl)c2)C1=O. The molecule has 1 N–H and O–H groups in total. The zero-order valence-corrected chi connectivity index (χ0v) is 17.4. The molecule has 3 aromatic carbocycles. The van der Waals surface area contributed by atoms with E-state index in [-0.39, 0.29) is 11.3 Å². The van der Waals surface area contributed by atoms with Crippen LogP contribution >= 0.6 is 23.2 Å².